The largest absolute Gasteiger partial charge is 0.392 e. The van der Waals surface area contributed by atoms with Crippen LogP contribution in [0.5, 0.6) is 0 Å². The third kappa shape index (κ3) is 2.48. The zero-order valence-electron chi connectivity index (χ0n) is 7.06. The maximum absolute atomic E-state index is 13.2. The first-order valence-corrected chi connectivity index (χ1v) is 4.01. The molecule has 3 heteroatoms. The summed E-state index contributed by atoms with van der Waals surface area (Å²) in [4.78, 5) is 4.76. The molecule has 0 saturated heterocycles. The van der Waals surface area contributed by atoms with Crippen molar-refractivity contribution in [3.8, 4) is 0 Å². The number of oxime groups is 1. The lowest BCUT2D eigenvalue weighted by molar-refractivity contribution is 0.0172. The lowest BCUT2D eigenvalue weighted by Gasteiger charge is -2.23. The normalized spacial score (nSPS) is 31.0. The second-order valence-electron chi connectivity index (χ2n) is 3.27. The quantitative estimate of drug-likeness (QED) is 0.605. The Balaban J connectivity index is 2.49. The SMILES string of the molecule is CCCC1=NOCC(C)(F)C1. The van der Waals surface area contributed by atoms with Gasteiger partial charge in [0.05, 0.1) is 5.71 Å². The summed E-state index contributed by atoms with van der Waals surface area (Å²) in [6, 6.07) is 0. The fourth-order valence-corrected chi connectivity index (χ4v) is 1.19. The molecular weight excluding hydrogens is 145 g/mol. The van der Waals surface area contributed by atoms with Gasteiger partial charge in [0.25, 0.3) is 0 Å². The van der Waals surface area contributed by atoms with Gasteiger partial charge in [-0.3, -0.25) is 0 Å². The van der Waals surface area contributed by atoms with E-state index in [0.29, 0.717) is 6.42 Å². The van der Waals surface area contributed by atoms with E-state index in [0.717, 1.165) is 18.6 Å². The maximum Gasteiger partial charge on any atom is 0.151 e. The molecule has 0 aromatic heterocycles. The van der Waals surface area contributed by atoms with Gasteiger partial charge in [0.1, 0.15) is 5.67 Å². The summed E-state index contributed by atoms with van der Waals surface area (Å²) in [5, 5.41) is 3.79. The Labute approximate surface area is 66.4 Å². The van der Waals surface area contributed by atoms with E-state index < -0.39 is 5.67 Å². The Kier molecular flexibility index (Phi) is 2.47. The zero-order chi connectivity index (χ0) is 8.32. The molecule has 1 aliphatic rings. The lowest BCUT2D eigenvalue weighted by atomic mass is 9.99. The third-order valence-corrected chi connectivity index (χ3v) is 1.67. The van der Waals surface area contributed by atoms with Gasteiger partial charge in [0.15, 0.2) is 6.61 Å². The van der Waals surface area contributed by atoms with E-state index in [1.807, 2.05) is 6.92 Å². The number of hydrogen-bond donors (Lipinski definition) is 0. The van der Waals surface area contributed by atoms with Crippen molar-refractivity contribution in [1.82, 2.24) is 0 Å². The Hall–Kier alpha value is -0.600. The first-order chi connectivity index (χ1) is 5.14. The van der Waals surface area contributed by atoms with Gasteiger partial charge in [-0.05, 0) is 13.3 Å². The minimum atomic E-state index is -1.20. The predicted molar refractivity (Wildman–Crippen MR) is 42.4 cm³/mol. The van der Waals surface area contributed by atoms with Crippen LogP contribution < -0.4 is 0 Å². The molecule has 2 nitrogen and oxygen atoms in total. The van der Waals surface area contributed by atoms with Crippen LogP contribution in [0.2, 0.25) is 0 Å². The van der Waals surface area contributed by atoms with Crippen LogP contribution in [0.1, 0.15) is 33.1 Å². The van der Waals surface area contributed by atoms with Crippen LogP contribution >= 0.6 is 0 Å². The minimum absolute atomic E-state index is 0.0974. The van der Waals surface area contributed by atoms with Gasteiger partial charge < -0.3 is 4.84 Å². The van der Waals surface area contributed by atoms with Crippen LogP contribution in [0.25, 0.3) is 0 Å². The molecule has 0 spiro atoms. The summed E-state index contributed by atoms with van der Waals surface area (Å²) in [7, 11) is 0. The highest BCUT2D eigenvalue weighted by Gasteiger charge is 2.29. The molecule has 0 amide bonds. The van der Waals surface area contributed by atoms with Crippen LogP contribution in [0.4, 0.5) is 4.39 Å². The molecule has 0 N–H and O–H groups in total. The average Bonchev–Trinajstić information content (AvgIpc) is 1.85. The number of halogens is 1. The molecule has 11 heavy (non-hydrogen) atoms. The molecule has 64 valence electrons. The predicted octanol–water partition coefficient (Wildman–Crippen LogP) is 2.29. The van der Waals surface area contributed by atoms with Crippen LogP contribution in [0.3, 0.4) is 0 Å². The Morgan fingerprint density at radius 1 is 1.73 bits per heavy atom. The first kappa shape index (κ1) is 8.50. The summed E-state index contributed by atoms with van der Waals surface area (Å²) in [6.07, 6.45) is 2.28. The summed E-state index contributed by atoms with van der Waals surface area (Å²) in [6.45, 7) is 3.70. The summed E-state index contributed by atoms with van der Waals surface area (Å²) < 4.78 is 13.2. The topological polar surface area (TPSA) is 21.6 Å². The van der Waals surface area contributed by atoms with Gasteiger partial charge in [0.2, 0.25) is 0 Å². The Morgan fingerprint density at radius 3 is 3.00 bits per heavy atom. The Bertz CT molecular complexity index is 165. The van der Waals surface area contributed by atoms with Gasteiger partial charge in [0, 0.05) is 6.42 Å². The molecule has 0 fully saturated rings. The van der Waals surface area contributed by atoms with E-state index in [1.165, 1.54) is 0 Å². The molecule has 1 atom stereocenters. The maximum atomic E-state index is 13.2. The highest BCUT2D eigenvalue weighted by molar-refractivity contribution is 5.85. The monoisotopic (exact) mass is 159 g/mol. The molecular formula is C8H14FNO. The van der Waals surface area contributed by atoms with Crippen molar-refractivity contribution in [2.24, 2.45) is 5.16 Å². The molecule has 0 radical (unpaired) electrons. The Morgan fingerprint density at radius 2 is 2.45 bits per heavy atom. The fraction of sp³-hybridized carbons (Fsp3) is 0.875. The van der Waals surface area contributed by atoms with Gasteiger partial charge in [-0.2, -0.15) is 0 Å². The highest BCUT2D eigenvalue weighted by atomic mass is 19.1. The van der Waals surface area contributed by atoms with Crippen molar-refractivity contribution >= 4 is 5.71 Å². The van der Waals surface area contributed by atoms with E-state index in [2.05, 4.69) is 5.16 Å². The van der Waals surface area contributed by atoms with E-state index in [9.17, 15) is 4.39 Å². The minimum Gasteiger partial charge on any atom is -0.392 e. The average molecular weight is 159 g/mol. The zero-order valence-corrected chi connectivity index (χ0v) is 7.06. The molecule has 1 rings (SSSR count). The summed E-state index contributed by atoms with van der Waals surface area (Å²) in [5.74, 6) is 0. The van der Waals surface area contributed by atoms with E-state index in [1.54, 1.807) is 6.92 Å². The molecule has 1 heterocycles. The van der Waals surface area contributed by atoms with Gasteiger partial charge in [-0.25, -0.2) is 4.39 Å². The van der Waals surface area contributed by atoms with Crippen LogP contribution in [-0.4, -0.2) is 18.0 Å². The van der Waals surface area contributed by atoms with Crippen molar-refractivity contribution in [3.05, 3.63) is 0 Å². The van der Waals surface area contributed by atoms with Crippen molar-refractivity contribution in [2.75, 3.05) is 6.61 Å². The van der Waals surface area contributed by atoms with Crippen LogP contribution in [-0.2, 0) is 4.84 Å². The number of nitrogens with zero attached hydrogens (tertiary/aromatic N) is 1. The summed E-state index contributed by atoms with van der Waals surface area (Å²) in [5.41, 5.74) is -0.351. The van der Waals surface area contributed by atoms with Gasteiger partial charge in [-0.1, -0.05) is 18.5 Å². The van der Waals surface area contributed by atoms with Crippen LogP contribution in [0, 0.1) is 0 Å². The second kappa shape index (κ2) is 3.20. The van der Waals surface area contributed by atoms with E-state index in [-0.39, 0.29) is 6.61 Å². The third-order valence-electron chi connectivity index (χ3n) is 1.67. The summed E-state index contributed by atoms with van der Waals surface area (Å²) >= 11 is 0. The first-order valence-electron chi connectivity index (χ1n) is 4.01. The highest BCUT2D eigenvalue weighted by Crippen LogP contribution is 2.22. The van der Waals surface area contributed by atoms with Crippen molar-refractivity contribution in [3.63, 3.8) is 0 Å². The van der Waals surface area contributed by atoms with E-state index >= 15 is 0 Å². The van der Waals surface area contributed by atoms with Crippen LogP contribution in [0.15, 0.2) is 5.16 Å². The molecule has 0 aliphatic carbocycles. The van der Waals surface area contributed by atoms with E-state index in [4.69, 9.17) is 4.84 Å². The molecule has 0 bridgehead atoms. The van der Waals surface area contributed by atoms with Crippen molar-refractivity contribution < 1.29 is 9.23 Å². The smallest absolute Gasteiger partial charge is 0.151 e. The number of alkyl halides is 1. The molecule has 0 aromatic carbocycles. The standard InChI is InChI=1S/C8H14FNO/c1-3-4-7-5-8(2,9)6-11-10-7/h3-6H2,1-2H3. The van der Waals surface area contributed by atoms with Crippen molar-refractivity contribution in [2.45, 2.75) is 38.8 Å². The lowest BCUT2D eigenvalue weighted by Crippen LogP contribution is -2.31. The van der Waals surface area contributed by atoms with Crippen molar-refractivity contribution in [1.29, 1.82) is 0 Å². The van der Waals surface area contributed by atoms with Gasteiger partial charge >= 0.3 is 0 Å². The fourth-order valence-electron chi connectivity index (χ4n) is 1.19. The second-order valence-corrected chi connectivity index (χ2v) is 3.27. The molecule has 0 saturated carbocycles. The molecule has 1 unspecified atom stereocenters. The van der Waals surface area contributed by atoms with Gasteiger partial charge in [-0.15, -0.1) is 0 Å². The molecule has 1 aliphatic heterocycles. The molecule has 0 aromatic rings. The number of rotatable bonds is 2. The number of hydrogen-bond acceptors (Lipinski definition) is 2.